The van der Waals surface area contributed by atoms with Crippen molar-refractivity contribution in [3.8, 4) is 0 Å². The molecular formula is C13H25N3O. The van der Waals surface area contributed by atoms with Crippen LogP contribution in [0.5, 0.6) is 0 Å². The Morgan fingerprint density at radius 1 is 1.18 bits per heavy atom. The molecule has 98 valence electrons. The number of rotatable bonds is 3. The molecule has 1 unspecified atom stereocenters. The Morgan fingerprint density at radius 2 is 1.94 bits per heavy atom. The van der Waals surface area contributed by atoms with Crippen LogP contribution < -0.4 is 11.1 Å². The number of carbonyl (C=O) groups is 1. The summed E-state index contributed by atoms with van der Waals surface area (Å²) in [5.41, 5.74) is 5.91. The van der Waals surface area contributed by atoms with Gasteiger partial charge in [-0.15, -0.1) is 0 Å². The smallest absolute Gasteiger partial charge is 0.234 e. The quantitative estimate of drug-likeness (QED) is 0.768. The fraction of sp³-hybridized carbons (Fsp3) is 0.923. The summed E-state index contributed by atoms with van der Waals surface area (Å²) in [6.45, 7) is 2.42. The minimum atomic E-state index is 0.186. The lowest BCUT2D eigenvalue weighted by atomic mass is 9.95. The third kappa shape index (κ3) is 4.28. The third-order valence-corrected chi connectivity index (χ3v) is 3.88. The zero-order chi connectivity index (χ0) is 12.1. The number of amides is 1. The van der Waals surface area contributed by atoms with Crippen molar-refractivity contribution in [3.05, 3.63) is 0 Å². The second kappa shape index (κ2) is 6.36. The Hall–Kier alpha value is -0.610. The van der Waals surface area contributed by atoms with E-state index in [0.717, 1.165) is 38.8 Å². The maximum atomic E-state index is 11.9. The Labute approximate surface area is 104 Å². The van der Waals surface area contributed by atoms with Crippen molar-refractivity contribution >= 4 is 5.91 Å². The standard InChI is InChI=1S/C13H25N3O/c14-11-5-4-8-16(9-11)10-13(17)15-12-6-2-1-3-7-12/h11-12H,1-10,14H2,(H,15,17). The first-order chi connectivity index (χ1) is 8.24. The van der Waals surface area contributed by atoms with Crippen molar-refractivity contribution in [2.45, 2.75) is 57.0 Å². The van der Waals surface area contributed by atoms with Crippen LogP contribution in [-0.4, -0.2) is 42.5 Å². The van der Waals surface area contributed by atoms with Gasteiger partial charge in [-0.1, -0.05) is 19.3 Å². The van der Waals surface area contributed by atoms with Crippen LogP contribution in [0.25, 0.3) is 0 Å². The van der Waals surface area contributed by atoms with E-state index in [9.17, 15) is 4.79 Å². The molecule has 17 heavy (non-hydrogen) atoms. The topological polar surface area (TPSA) is 58.4 Å². The highest BCUT2D eigenvalue weighted by Gasteiger charge is 2.21. The molecule has 2 fully saturated rings. The average Bonchev–Trinajstić information content (AvgIpc) is 2.30. The van der Waals surface area contributed by atoms with Crippen molar-refractivity contribution < 1.29 is 4.79 Å². The summed E-state index contributed by atoms with van der Waals surface area (Å²) in [4.78, 5) is 14.1. The van der Waals surface area contributed by atoms with Crippen molar-refractivity contribution in [2.24, 2.45) is 5.73 Å². The van der Waals surface area contributed by atoms with Crippen LogP contribution in [0.3, 0.4) is 0 Å². The zero-order valence-corrected chi connectivity index (χ0v) is 10.7. The minimum Gasteiger partial charge on any atom is -0.352 e. The highest BCUT2D eigenvalue weighted by atomic mass is 16.2. The van der Waals surface area contributed by atoms with Gasteiger partial charge < -0.3 is 11.1 Å². The summed E-state index contributed by atoms with van der Waals surface area (Å²) in [6.07, 6.45) is 8.39. The normalized spacial score (nSPS) is 27.9. The first-order valence-electron chi connectivity index (χ1n) is 7.01. The van der Waals surface area contributed by atoms with Gasteiger partial charge in [0, 0.05) is 18.6 Å². The van der Waals surface area contributed by atoms with Gasteiger partial charge in [0.15, 0.2) is 0 Å². The van der Waals surface area contributed by atoms with Gasteiger partial charge in [0.2, 0.25) is 5.91 Å². The molecule has 0 aromatic carbocycles. The molecule has 4 heteroatoms. The number of nitrogens with two attached hydrogens (primary N) is 1. The Kier molecular flexibility index (Phi) is 4.80. The molecule has 2 rings (SSSR count). The average molecular weight is 239 g/mol. The van der Waals surface area contributed by atoms with E-state index in [4.69, 9.17) is 5.73 Å². The zero-order valence-electron chi connectivity index (χ0n) is 10.7. The summed E-state index contributed by atoms with van der Waals surface area (Å²) in [6, 6.07) is 0.681. The van der Waals surface area contributed by atoms with Crippen LogP contribution >= 0.6 is 0 Å². The molecule has 1 aliphatic heterocycles. The molecule has 1 aliphatic carbocycles. The summed E-state index contributed by atoms with van der Waals surface area (Å²) < 4.78 is 0. The van der Waals surface area contributed by atoms with E-state index in [1.54, 1.807) is 0 Å². The van der Waals surface area contributed by atoms with E-state index in [1.165, 1.54) is 19.3 Å². The molecular weight excluding hydrogens is 214 g/mol. The molecule has 0 radical (unpaired) electrons. The van der Waals surface area contributed by atoms with Crippen LogP contribution in [0.1, 0.15) is 44.9 Å². The molecule has 4 nitrogen and oxygen atoms in total. The molecule has 1 saturated heterocycles. The van der Waals surface area contributed by atoms with Crippen LogP contribution in [-0.2, 0) is 4.79 Å². The van der Waals surface area contributed by atoms with Crippen LogP contribution in [0.4, 0.5) is 0 Å². The van der Waals surface area contributed by atoms with Gasteiger partial charge >= 0.3 is 0 Å². The number of hydrogen-bond donors (Lipinski definition) is 2. The van der Waals surface area contributed by atoms with Crippen molar-refractivity contribution in [1.82, 2.24) is 10.2 Å². The van der Waals surface area contributed by atoms with E-state index in [-0.39, 0.29) is 11.9 Å². The molecule has 1 heterocycles. The molecule has 0 spiro atoms. The van der Waals surface area contributed by atoms with Gasteiger partial charge in [-0.3, -0.25) is 9.69 Å². The molecule has 1 amide bonds. The van der Waals surface area contributed by atoms with E-state index in [2.05, 4.69) is 10.2 Å². The number of likely N-dealkylation sites (tertiary alicyclic amines) is 1. The summed E-state index contributed by atoms with van der Waals surface area (Å²) in [7, 11) is 0. The first kappa shape index (κ1) is 12.8. The largest absolute Gasteiger partial charge is 0.352 e. The Morgan fingerprint density at radius 3 is 2.65 bits per heavy atom. The van der Waals surface area contributed by atoms with Crippen LogP contribution in [0, 0.1) is 0 Å². The van der Waals surface area contributed by atoms with Crippen molar-refractivity contribution in [3.63, 3.8) is 0 Å². The lowest BCUT2D eigenvalue weighted by Gasteiger charge is -2.31. The van der Waals surface area contributed by atoms with Gasteiger partial charge in [0.1, 0.15) is 0 Å². The molecule has 0 bridgehead atoms. The number of carbonyl (C=O) groups excluding carboxylic acids is 1. The lowest BCUT2D eigenvalue weighted by molar-refractivity contribution is -0.123. The molecule has 0 aromatic rings. The van der Waals surface area contributed by atoms with Gasteiger partial charge in [-0.05, 0) is 32.2 Å². The number of nitrogens with zero attached hydrogens (tertiary/aromatic N) is 1. The van der Waals surface area contributed by atoms with Crippen LogP contribution in [0.15, 0.2) is 0 Å². The second-order valence-corrected chi connectivity index (χ2v) is 5.54. The van der Waals surface area contributed by atoms with Crippen molar-refractivity contribution in [2.75, 3.05) is 19.6 Å². The first-order valence-corrected chi connectivity index (χ1v) is 7.01. The fourth-order valence-electron chi connectivity index (χ4n) is 2.96. The number of piperidine rings is 1. The number of nitrogens with one attached hydrogen (secondary N) is 1. The predicted molar refractivity (Wildman–Crippen MR) is 68.7 cm³/mol. The molecule has 3 N–H and O–H groups in total. The maximum Gasteiger partial charge on any atom is 0.234 e. The minimum absolute atomic E-state index is 0.186. The summed E-state index contributed by atoms with van der Waals surface area (Å²) in [5.74, 6) is 0.186. The lowest BCUT2D eigenvalue weighted by Crippen LogP contribution is -2.48. The summed E-state index contributed by atoms with van der Waals surface area (Å²) in [5, 5.41) is 3.16. The monoisotopic (exact) mass is 239 g/mol. The Bertz CT molecular complexity index is 251. The fourth-order valence-corrected chi connectivity index (χ4v) is 2.96. The van der Waals surface area contributed by atoms with E-state index in [0.29, 0.717) is 12.6 Å². The van der Waals surface area contributed by atoms with Gasteiger partial charge in [-0.25, -0.2) is 0 Å². The number of hydrogen-bond acceptors (Lipinski definition) is 3. The van der Waals surface area contributed by atoms with E-state index in [1.807, 2.05) is 0 Å². The highest BCUT2D eigenvalue weighted by molar-refractivity contribution is 5.78. The molecule has 0 aromatic heterocycles. The third-order valence-electron chi connectivity index (χ3n) is 3.88. The SMILES string of the molecule is NC1CCCN(CC(=O)NC2CCCCC2)C1. The predicted octanol–water partition coefficient (Wildman–Crippen LogP) is 0.858. The van der Waals surface area contributed by atoms with Crippen LogP contribution in [0.2, 0.25) is 0 Å². The molecule has 1 saturated carbocycles. The Balaban J connectivity index is 1.68. The highest BCUT2D eigenvalue weighted by Crippen LogP contribution is 2.17. The summed E-state index contributed by atoms with van der Waals surface area (Å²) >= 11 is 0. The molecule has 2 aliphatic rings. The van der Waals surface area contributed by atoms with Gasteiger partial charge in [0.05, 0.1) is 6.54 Å². The van der Waals surface area contributed by atoms with Gasteiger partial charge in [0.25, 0.3) is 0 Å². The van der Waals surface area contributed by atoms with Gasteiger partial charge in [-0.2, -0.15) is 0 Å². The maximum absolute atomic E-state index is 11.9. The second-order valence-electron chi connectivity index (χ2n) is 5.54. The van der Waals surface area contributed by atoms with E-state index < -0.39 is 0 Å². The molecule has 1 atom stereocenters. The van der Waals surface area contributed by atoms with Crippen molar-refractivity contribution in [1.29, 1.82) is 0 Å². The van der Waals surface area contributed by atoms with E-state index >= 15 is 0 Å².